The molecule has 0 saturated heterocycles. The van der Waals surface area contributed by atoms with E-state index in [0.29, 0.717) is 17.9 Å². The molecule has 1 saturated carbocycles. The molecule has 138 valence electrons. The van der Waals surface area contributed by atoms with Crippen molar-refractivity contribution in [2.75, 3.05) is 5.32 Å². The van der Waals surface area contributed by atoms with Gasteiger partial charge < -0.3 is 10.4 Å². The van der Waals surface area contributed by atoms with Gasteiger partial charge in [-0.3, -0.25) is 9.78 Å². The molecule has 5 nitrogen and oxygen atoms in total. The summed E-state index contributed by atoms with van der Waals surface area (Å²) in [6, 6.07) is 9.58. The quantitative estimate of drug-likeness (QED) is 0.734. The van der Waals surface area contributed by atoms with Gasteiger partial charge in [0.2, 0.25) is 5.91 Å². The minimum atomic E-state index is -1.03. The third-order valence-corrected chi connectivity index (χ3v) is 4.90. The predicted octanol–water partition coefficient (Wildman–Crippen LogP) is 3.96. The SMILES string of the molecule is Cc1ccnc([C@H](C)O)c1-c1ccc2cc(NC(=O)C3C[C@@H]3F)ncc2c1. The number of nitrogens with zero attached hydrogens (tertiary/aromatic N) is 2. The fourth-order valence-corrected chi connectivity index (χ4v) is 3.29. The number of halogens is 1. The molecule has 1 amide bonds. The maximum Gasteiger partial charge on any atom is 0.231 e. The number of aryl methyl sites for hydroxylation is 1. The predicted molar refractivity (Wildman–Crippen MR) is 102 cm³/mol. The molecule has 2 heterocycles. The van der Waals surface area contributed by atoms with E-state index in [-0.39, 0.29) is 5.91 Å². The highest BCUT2D eigenvalue weighted by Gasteiger charge is 2.43. The van der Waals surface area contributed by atoms with Crippen molar-refractivity contribution in [3.05, 3.63) is 54.0 Å². The minimum Gasteiger partial charge on any atom is -0.387 e. The van der Waals surface area contributed by atoms with Crippen LogP contribution in [0, 0.1) is 12.8 Å². The van der Waals surface area contributed by atoms with Crippen molar-refractivity contribution in [2.24, 2.45) is 5.92 Å². The number of rotatable bonds is 4. The van der Waals surface area contributed by atoms with Crippen LogP contribution in [0.4, 0.5) is 10.2 Å². The highest BCUT2D eigenvalue weighted by Crippen LogP contribution is 2.35. The Morgan fingerprint density at radius 1 is 1.26 bits per heavy atom. The first-order valence-electron chi connectivity index (χ1n) is 8.92. The molecule has 3 atom stereocenters. The Kier molecular flexibility index (Phi) is 4.36. The summed E-state index contributed by atoms with van der Waals surface area (Å²) >= 11 is 0. The normalized spacial score (nSPS) is 19.7. The maximum atomic E-state index is 13.0. The summed E-state index contributed by atoms with van der Waals surface area (Å²) in [4.78, 5) is 20.5. The number of benzene rings is 1. The number of hydrogen-bond donors (Lipinski definition) is 2. The van der Waals surface area contributed by atoms with E-state index < -0.39 is 18.2 Å². The average Bonchev–Trinajstić information content (AvgIpc) is 3.38. The molecule has 1 aromatic carbocycles. The first kappa shape index (κ1) is 17.5. The van der Waals surface area contributed by atoms with Gasteiger partial charge in [0.05, 0.1) is 17.7 Å². The molecule has 1 unspecified atom stereocenters. The Morgan fingerprint density at radius 2 is 2.04 bits per heavy atom. The Bertz CT molecular complexity index is 1040. The molecule has 2 N–H and O–H groups in total. The second-order valence-corrected chi connectivity index (χ2v) is 7.04. The fourth-order valence-electron chi connectivity index (χ4n) is 3.29. The van der Waals surface area contributed by atoms with E-state index in [2.05, 4.69) is 15.3 Å². The van der Waals surface area contributed by atoms with Crippen molar-refractivity contribution >= 4 is 22.5 Å². The lowest BCUT2D eigenvalue weighted by Gasteiger charge is -2.14. The topological polar surface area (TPSA) is 75.1 Å². The van der Waals surface area contributed by atoms with Crippen molar-refractivity contribution < 1.29 is 14.3 Å². The van der Waals surface area contributed by atoms with E-state index in [4.69, 9.17) is 0 Å². The zero-order valence-corrected chi connectivity index (χ0v) is 15.1. The van der Waals surface area contributed by atoms with Crippen LogP contribution < -0.4 is 5.32 Å². The van der Waals surface area contributed by atoms with Gasteiger partial charge in [0, 0.05) is 23.3 Å². The molecule has 27 heavy (non-hydrogen) atoms. The van der Waals surface area contributed by atoms with Gasteiger partial charge in [-0.05, 0) is 55.0 Å². The molecule has 0 spiro atoms. The lowest BCUT2D eigenvalue weighted by Crippen LogP contribution is -2.15. The van der Waals surface area contributed by atoms with E-state index in [9.17, 15) is 14.3 Å². The highest BCUT2D eigenvalue weighted by molar-refractivity contribution is 5.96. The number of aliphatic hydroxyl groups excluding tert-OH is 1. The number of alkyl halides is 1. The second kappa shape index (κ2) is 6.70. The summed E-state index contributed by atoms with van der Waals surface area (Å²) in [5.74, 6) is -0.447. The number of carbonyl (C=O) groups excluding carboxylic acids is 1. The molecule has 4 rings (SSSR count). The molecular formula is C21H20FN3O2. The van der Waals surface area contributed by atoms with Crippen molar-refractivity contribution in [1.82, 2.24) is 9.97 Å². The van der Waals surface area contributed by atoms with Crippen molar-refractivity contribution in [2.45, 2.75) is 32.5 Å². The minimum absolute atomic E-state index is 0.291. The molecular weight excluding hydrogens is 345 g/mol. The molecule has 2 aromatic heterocycles. The maximum absolute atomic E-state index is 13.0. The lowest BCUT2D eigenvalue weighted by molar-refractivity contribution is -0.117. The van der Waals surface area contributed by atoms with Crippen molar-refractivity contribution in [3.63, 3.8) is 0 Å². The van der Waals surface area contributed by atoms with Crippen LogP contribution in [0.2, 0.25) is 0 Å². The van der Waals surface area contributed by atoms with Crippen LogP contribution >= 0.6 is 0 Å². The van der Waals surface area contributed by atoms with E-state index in [0.717, 1.165) is 27.5 Å². The Labute approximate surface area is 156 Å². The van der Waals surface area contributed by atoms with Crippen LogP contribution in [0.5, 0.6) is 0 Å². The summed E-state index contributed by atoms with van der Waals surface area (Å²) in [5.41, 5.74) is 3.52. The standard InChI is InChI=1S/C21H20FN3O2/c1-11-5-6-23-20(12(2)26)19(11)14-4-3-13-8-18(24-10-15(13)7-14)25-21(27)16-9-17(16)22/h3-8,10,12,16-17,26H,9H2,1-2H3,(H,24,25,27)/t12-,16?,17-/m0/s1. The van der Waals surface area contributed by atoms with Gasteiger partial charge in [0.15, 0.2) is 0 Å². The highest BCUT2D eigenvalue weighted by atomic mass is 19.1. The number of pyridine rings is 2. The van der Waals surface area contributed by atoms with Crippen LogP contribution in [0.15, 0.2) is 42.7 Å². The number of aliphatic hydroxyl groups is 1. The van der Waals surface area contributed by atoms with Gasteiger partial charge in [0.1, 0.15) is 12.0 Å². The Balaban J connectivity index is 1.68. The number of nitrogens with one attached hydrogen (secondary N) is 1. The smallest absolute Gasteiger partial charge is 0.231 e. The summed E-state index contributed by atoms with van der Waals surface area (Å²) in [6.07, 6.45) is 1.97. The lowest BCUT2D eigenvalue weighted by atomic mass is 9.95. The van der Waals surface area contributed by atoms with Crippen LogP contribution in [-0.2, 0) is 4.79 Å². The Morgan fingerprint density at radius 3 is 2.74 bits per heavy atom. The molecule has 0 bridgehead atoms. The monoisotopic (exact) mass is 365 g/mol. The van der Waals surface area contributed by atoms with Gasteiger partial charge >= 0.3 is 0 Å². The summed E-state index contributed by atoms with van der Waals surface area (Å²) in [6.45, 7) is 3.69. The zero-order valence-electron chi connectivity index (χ0n) is 15.1. The van der Waals surface area contributed by atoms with Gasteiger partial charge in [-0.25, -0.2) is 9.37 Å². The van der Waals surface area contributed by atoms with Gasteiger partial charge in [-0.15, -0.1) is 0 Å². The molecule has 0 aliphatic heterocycles. The zero-order chi connectivity index (χ0) is 19.1. The van der Waals surface area contributed by atoms with Gasteiger partial charge in [-0.2, -0.15) is 0 Å². The summed E-state index contributed by atoms with van der Waals surface area (Å²) in [5, 5.41) is 14.5. The van der Waals surface area contributed by atoms with Crippen LogP contribution in [0.1, 0.15) is 30.7 Å². The number of anilines is 1. The summed E-state index contributed by atoms with van der Waals surface area (Å²) in [7, 11) is 0. The van der Waals surface area contributed by atoms with Crippen molar-refractivity contribution in [1.29, 1.82) is 0 Å². The van der Waals surface area contributed by atoms with E-state index in [1.807, 2.05) is 31.2 Å². The van der Waals surface area contributed by atoms with Crippen LogP contribution in [0.25, 0.3) is 21.9 Å². The second-order valence-electron chi connectivity index (χ2n) is 7.04. The molecule has 1 fully saturated rings. The van der Waals surface area contributed by atoms with Gasteiger partial charge in [0.25, 0.3) is 0 Å². The Hall–Kier alpha value is -2.86. The van der Waals surface area contributed by atoms with Crippen LogP contribution in [0.3, 0.4) is 0 Å². The van der Waals surface area contributed by atoms with E-state index in [1.54, 1.807) is 25.4 Å². The number of aromatic nitrogens is 2. The largest absolute Gasteiger partial charge is 0.387 e. The molecule has 6 heteroatoms. The first-order valence-corrected chi connectivity index (χ1v) is 8.92. The molecule has 1 aliphatic carbocycles. The number of hydrogen-bond acceptors (Lipinski definition) is 4. The van der Waals surface area contributed by atoms with Crippen molar-refractivity contribution in [3.8, 4) is 11.1 Å². The first-order chi connectivity index (χ1) is 12.9. The fraction of sp³-hybridized carbons (Fsp3) is 0.286. The average molecular weight is 365 g/mol. The summed E-state index contributed by atoms with van der Waals surface area (Å²) < 4.78 is 13.0. The number of carbonyl (C=O) groups is 1. The van der Waals surface area contributed by atoms with Gasteiger partial charge in [-0.1, -0.05) is 12.1 Å². The number of amides is 1. The van der Waals surface area contributed by atoms with Crippen LogP contribution in [-0.4, -0.2) is 27.2 Å². The van der Waals surface area contributed by atoms with E-state index >= 15 is 0 Å². The third kappa shape index (κ3) is 3.40. The molecule has 1 aliphatic rings. The third-order valence-electron chi connectivity index (χ3n) is 4.90. The molecule has 0 radical (unpaired) electrons. The number of fused-ring (bicyclic) bond motifs is 1. The van der Waals surface area contributed by atoms with E-state index in [1.165, 1.54) is 0 Å². The molecule has 3 aromatic rings.